The van der Waals surface area contributed by atoms with E-state index in [0.29, 0.717) is 10.7 Å². The van der Waals surface area contributed by atoms with Crippen molar-refractivity contribution in [3.8, 4) is 12.3 Å². The van der Waals surface area contributed by atoms with E-state index < -0.39 is 18.0 Å². The number of anilines is 1. The lowest BCUT2D eigenvalue weighted by Crippen LogP contribution is -2.45. The number of terminal acetylenes is 1. The third kappa shape index (κ3) is 4.68. The zero-order valence-corrected chi connectivity index (χ0v) is 12.3. The molecule has 0 bridgehead atoms. The summed E-state index contributed by atoms with van der Waals surface area (Å²) in [5, 5.41) is 5.49. The summed E-state index contributed by atoms with van der Waals surface area (Å²) >= 11 is 7.53. The van der Waals surface area contributed by atoms with E-state index in [-0.39, 0.29) is 6.42 Å². The summed E-state index contributed by atoms with van der Waals surface area (Å²) in [7, 11) is 0. The Labute approximate surface area is 126 Å². The van der Waals surface area contributed by atoms with Crippen molar-refractivity contribution in [2.45, 2.75) is 17.4 Å². The van der Waals surface area contributed by atoms with E-state index in [1.807, 2.05) is 6.26 Å². The first-order valence-electron chi connectivity index (χ1n) is 5.61. The fourth-order valence-electron chi connectivity index (χ4n) is 1.41. The van der Waals surface area contributed by atoms with Gasteiger partial charge in [0, 0.05) is 17.0 Å². The lowest BCUT2D eigenvalue weighted by molar-refractivity contribution is -0.119. The molecule has 4 N–H and O–H groups in total. The molecule has 0 saturated heterocycles. The maximum Gasteiger partial charge on any atom is 0.319 e. The molecule has 0 aliphatic heterocycles. The molecule has 1 rings (SSSR count). The Hall–Kier alpha value is -1.84. The molecular weight excluding hydrogens is 298 g/mol. The highest BCUT2D eigenvalue weighted by Crippen LogP contribution is 2.27. The Morgan fingerprint density at radius 2 is 2.25 bits per heavy atom. The van der Waals surface area contributed by atoms with Crippen molar-refractivity contribution in [1.82, 2.24) is 5.32 Å². The molecule has 20 heavy (non-hydrogen) atoms. The minimum absolute atomic E-state index is 0.0366. The van der Waals surface area contributed by atoms with Crippen LogP contribution < -0.4 is 16.4 Å². The average molecular weight is 312 g/mol. The number of halogens is 1. The zero-order valence-electron chi connectivity index (χ0n) is 10.8. The minimum Gasteiger partial charge on any atom is -0.368 e. The molecule has 1 atom stereocenters. The van der Waals surface area contributed by atoms with Crippen LogP contribution >= 0.6 is 23.4 Å². The number of carbonyl (C=O) groups excluding carboxylic acids is 2. The number of hydrogen-bond donors (Lipinski definition) is 3. The van der Waals surface area contributed by atoms with Gasteiger partial charge in [-0.3, -0.25) is 4.79 Å². The molecule has 0 aliphatic carbocycles. The molecule has 0 fully saturated rings. The van der Waals surface area contributed by atoms with E-state index in [4.69, 9.17) is 23.8 Å². The standard InChI is InChI=1S/C13H14ClN3O2S/c1-3-4-10(12(15)18)17-13(19)16-8-5-6-11(20-2)9(14)7-8/h1,5-7,10H,4H2,2H3,(H2,15,18)(H2,16,17,19)/t10-/m1/s1. The van der Waals surface area contributed by atoms with E-state index in [1.54, 1.807) is 18.2 Å². The fraction of sp³-hybridized carbons (Fsp3) is 0.231. The Bertz CT molecular complexity index is 557. The van der Waals surface area contributed by atoms with Gasteiger partial charge in [0.15, 0.2) is 0 Å². The third-order valence-corrected chi connectivity index (χ3v) is 3.60. The summed E-state index contributed by atoms with van der Waals surface area (Å²) in [6, 6.07) is 3.64. The van der Waals surface area contributed by atoms with E-state index in [2.05, 4.69) is 16.6 Å². The zero-order chi connectivity index (χ0) is 15.1. The second kappa shape index (κ2) is 7.68. The molecule has 0 saturated carbocycles. The molecule has 5 nitrogen and oxygen atoms in total. The van der Waals surface area contributed by atoms with Gasteiger partial charge in [0.2, 0.25) is 5.91 Å². The number of urea groups is 1. The van der Waals surface area contributed by atoms with Crippen LogP contribution in [0.25, 0.3) is 0 Å². The molecule has 0 heterocycles. The van der Waals surface area contributed by atoms with Crippen LogP contribution in [0.2, 0.25) is 5.02 Å². The van der Waals surface area contributed by atoms with Gasteiger partial charge >= 0.3 is 6.03 Å². The first-order valence-corrected chi connectivity index (χ1v) is 7.22. The molecule has 3 amide bonds. The largest absolute Gasteiger partial charge is 0.368 e. The van der Waals surface area contributed by atoms with Crippen LogP contribution in [0.1, 0.15) is 6.42 Å². The van der Waals surface area contributed by atoms with Crippen LogP contribution in [0.4, 0.5) is 10.5 Å². The van der Waals surface area contributed by atoms with Gasteiger partial charge in [0.25, 0.3) is 0 Å². The molecule has 1 aromatic carbocycles. The number of thioether (sulfide) groups is 1. The molecule has 0 aromatic heterocycles. The molecule has 106 valence electrons. The fourth-order valence-corrected chi connectivity index (χ4v) is 2.28. The number of primary amides is 1. The lowest BCUT2D eigenvalue weighted by atomic mass is 10.2. The summed E-state index contributed by atoms with van der Waals surface area (Å²) in [5.74, 6) is 1.59. The van der Waals surface area contributed by atoms with Gasteiger partial charge in [0.1, 0.15) is 6.04 Å². The number of nitrogens with one attached hydrogen (secondary N) is 2. The third-order valence-electron chi connectivity index (χ3n) is 2.38. The summed E-state index contributed by atoms with van der Waals surface area (Å²) in [6.45, 7) is 0. The van der Waals surface area contributed by atoms with E-state index >= 15 is 0 Å². The highest BCUT2D eigenvalue weighted by molar-refractivity contribution is 7.98. The van der Waals surface area contributed by atoms with Crippen LogP contribution in [-0.4, -0.2) is 24.2 Å². The second-order valence-corrected chi connectivity index (χ2v) is 5.07. The maximum absolute atomic E-state index is 11.7. The van der Waals surface area contributed by atoms with Crippen molar-refractivity contribution in [2.75, 3.05) is 11.6 Å². The smallest absolute Gasteiger partial charge is 0.319 e. The molecule has 0 unspecified atom stereocenters. The van der Waals surface area contributed by atoms with Crippen molar-refractivity contribution in [2.24, 2.45) is 5.73 Å². The maximum atomic E-state index is 11.7. The van der Waals surface area contributed by atoms with E-state index in [1.165, 1.54) is 11.8 Å². The van der Waals surface area contributed by atoms with Crippen LogP contribution in [0.3, 0.4) is 0 Å². The monoisotopic (exact) mass is 311 g/mol. The molecule has 7 heteroatoms. The van der Waals surface area contributed by atoms with E-state index in [0.717, 1.165) is 4.90 Å². The van der Waals surface area contributed by atoms with Gasteiger partial charge in [-0.25, -0.2) is 4.79 Å². The SMILES string of the molecule is C#CC[C@@H](NC(=O)Nc1ccc(SC)c(Cl)c1)C(N)=O. The average Bonchev–Trinajstić information content (AvgIpc) is 2.38. The number of hydrogen-bond acceptors (Lipinski definition) is 3. The van der Waals surface area contributed by atoms with Crippen LogP contribution in [-0.2, 0) is 4.79 Å². The van der Waals surface area contributed by atoms with E-state index in [9.17, 15) is 9.59 Å². The number of benzene rings is 1. The summed E-state index contributed by atoms with van der Waals surface area (Å²) in [5.41, 5.74) is 5.63. The van der Waals surface area contributed by atoms with Crippen molar-refractivity contribution in [3.63, 3.8) is 0 Å². The van der Waals surface area contributed by atoms with Crippen LogP contribution in [0.5, 0.6) is 0 Å². The number of amides is 3. The van der Waals surface area contributed by atoms with Gasteiger partial charge < -0.3 is 16.4 Å². The van der Waals surface area contributed by atoms with Gasteiger partial charge in [-0.2, -0.15) is 0 Å². The number of rotatable bonds is 5. The van der Waals surface area contributed by atoms with Gasteiger partial charge in [-0.15, -0.1) is 24.1 Å². The quantitative estimate of drug-likeness (QED) is 0.575. The Morgan fingerprint density at radius 1 is 1.55 bits per heavy atom. The van der Waals surface area contributed by atoms with Gasteiger partial charge in [-0.1, -0.05) is 11.6 Å². The first-order chi connectivity index (χ1) is 9.47. The molecule has 0 spiro atoms. The Balaban J connectivity index is 2.69. The van der Waals surface area contributed by atoms with Crippen molar-refractivity contribution >= 4 is 41.0 Å². The van der Waals surface area contributed by atoms with Crippen LogP contribution in [0.15, 0.2) is 23.1 Å². The molecule has 0 aliphatic rings. The first kappa shape index (κ1) is 16.2. The van der Waals surface area contributed by atoms with Crippen molar-refractivity contribution < 1.29 is 9.59 Å². The number of carbonyl (C=O) groups is 2. The summed E-state index contributed by atoms with van der Waals surface area (Å²) in [6.07, 6.45) is 7.04. The highest BCUT2D eigenvalue weighted by Gasteiger charge is 2.16. The summed E-state index contributed by atoms with van der Waals surface area (Å²) < 4.78 is 0. The second-order valence-electron chi connectivity index (χ2n) is 3.81. The summed E-state index contributed by atoms with van der Waals surface area (Å²) in [4.78, 5) is 23.7. The minimum atomic E-state index is -0.902. The van der Waals surface area contributed by atoms with Gasteiger partial charge in [-0.05, 0) is 24.5 Å². The number of nitrogens with two attached hydrogens (primary N) is 1. The Kier molecular flexibility index (Phi) is 6.22. The van der Waals surface area contributed by atoms with Crippen molar-refractivity contribution in [3.05, 3.63) is 23.2 Å². The predicted octanol–water partition coefficient (Wildman–Crippen LogP) is 2.06. The molecule has 1 aromatic rings. The Morgan fingerprint density at radius 3 is 2.75 bits per heavy atom. The lowest BCUT2D eigenvalue weighted by Gasteiger charge is -2.14. The molecular formula is C13H14ClN3O2S. The van der Waals surface area contributed by atoms with Crippen molar-refractivity contribution in [1.29, 1.82) is 0 Å². The highest BCUT2D eigenvalue weighted by atomic mass is 35.5. The van der Waals surface area contributed by atoms with Gasteiger partial charge in [0.05, 0.1) is 5.02 Å². The predicted molar refractivity (Wildman–Crippen MR) is 81.8 cm³/mol. The topological polar surface area (TPSA) is 84.2 Å². The molecule has 0 radical (unpaired) electrons. The normalized spacial score (nSPS) is 11.2. The van der Waals surface area contributed by atoms with Crippen LogP contribution in [0, 0.1) is 12.3 Å².